The summed E-state index contributed by atoms with van der Waals surface area (Å²) in [5.41, 5.74) is 3.51. The molecule has 0 radical (unpaired) electrons. The number of hydrogen-bond donors (Lipinski definition) is 1. The lowest BCUT2D eigenvalue weighted by Gasteiger charge is -2.18. The Morgan fingerprint density at radius 1 is 1.06 bits per heavy atom. The van der Waals surface area contributed by atoms with Crippen LogP contribution in [0.3, 0.4) is 0 Å². The normalized spacial score (nSPS) is 15.0. The molecule has 1 aliphatic rings. The summed E-state index contributed by atoms with van der Waals surface area (Å²) < 4.78 is 1.66. The van der Waals surface area contributed by atoms with Gasteiger partial charge in [0.1, 0.15) is 0 Å². The van der Waals surface area contributed by atoms with Gasteiger partial charge in [-0.1, -0.05) is 61.7 Å². The van der Waals surface area contributed by atoms with Gasteiger partial charge in [0, 0.05) is 6.04 Å². The predicted molar refractivity (Wildman–Crippen MR) is 127 cm³/mol. The monoisotopic (exact) mass is 435 g/mol. The number of nitrogens with zero attached hydrogens (tertiary/aromatic N) is 2. The summed E-state index contributed by atoms with van der Waals surface area (Å²) in [6.45, 7) is 4.05. The van der Waals surface area contributed by atoms with E-state index in [2.05, 4.69) is 5.32 Å². The van der Waals surface area contributed by atoms with E-state index in [4.69, 9.17) is 4.98 Å². The lowest BCUT2D eigenvalue weighted by molar-refractivity contribution is -0.119. The molecule has 4 rings (SSSR count). The molecule has 162 valence electrons. The molecule has 0 aliphatic heterocycles. The Kier molecular flexibility index (Phi) is 6.76. The largest absolute Gasteiger partial charge is 0.353 e. The zero-order valence-corrected chi connectivity index (χ0v) is 19.0. The first-order chi connectivity index (χ1) is 15.0. The SMILES string of the molecule is Cc1cccc(-n2c(SCC(=O)NC3CCCCCC3)nc3ccccc3c2=O)c1C. The molecule has 1 N–H and O–H groups in total. The number of fused-ring (bicyclic) bond motifs is 1. The highest BCUT2D eigenvalue weighted by molar-refractivity contribution is 7.99. The van der Waals surface area contributed by atoms with Crippen LogP contribution >= 0.6 is 11.8 Å². The molecule has 1 fully saturated rings. The zero-order chi connectivity index (χ0) is 21.8. The van der Waals surface area contributed by atoms with Crippen LogP contribution in [0.25, 0.3) is 16.6 Å². The summed E-state index contributed by atoms with van der Waals surface area (Å²) in [4.78, 5) is 30.9. The fourth-order valence-electron chi connectivity index (χ4n) is 4.22. The maximum absolute atomic E-state index is 13.4. The Balaban J connectivity index is 1.65. The lowest BCUT2D eigenvalue weighted by Crippen LogP contribution is -2.35. The fraction of sp³-hybridized carbons (Fsp3) is 0.400. The number of carbonyl (C=O) groups is 1. The van der Waals surface area contributed by atoms with Gasteiger partial charge in [-0.15, -0.1) is 0 Å². The van der Waals surface area contributed by atoms with Crippen LogP contribution in [-0.2, 0) is 4.79 Å². The molecule has 0 unspecified atom stereocenters. The molecule has 1 amide bonds. The van der Waals surface area contributed by atoms with Crippen LogP contribution in [0.2, 0.25) is 0 Å². The minimum absolute atomic E-state index is 0.00632. The predicted octanol–water partition coefficient (Wildman–Crippen LogP) is 4.93. The number of aromatic nitrogens is 2. The van der Waals surface area contributed by atoms with Crippen molar-refractivity contribution in [2.75, 3.05) is 5.75 Å². The van der Waals surface area contributed by atoms with Crippen LogP contribution in [0.5, 0.6) is 0 Å². The van der Waals surface area contributed by atoms with E-state index in [1.807, 2.05) is 50.2 Å². The molecule has 6 heteroatoms. The van der Waals surface area contributed by atoms with E-state index in [1.165, 1.54) is 37.4 Å². The van der Waals surface area contributed by atoms with Crippen molar-refractivity contribution in [1.82, 2.24) is 14.9 Å². The Labute approximate surface area is 187 Å². The summed E-state index contributed by atoms with van der Waals surface area (Å²) in [6.07, 6.45) is 6.97. The van der Waals surface area contributed by atoms with Crippen LogP contribution < -0.4 is 10.9 Å². The first-order valence-corrected chi connectivity index (χ1v) is 12.0. The highest BCUT2D eigenvalue weighted by Gasteiger charge is 2.18. The van der Waals surface area contributed by atoms with Gasteiger partial charge in [-0.3, -0.25) is 14.2 Å². The number of benzene rings is 2. The number of thioether (sulfide) groups is 1. The molecule has 3 aromatic rings. The second kappa shape index (κ2) is 9.69. The molecule has 0 bridgehead atoms. The molecule has 1 saturated carbocycles. The van der Waals surface area contributed by atoms with Crippen molar-refractivity contribution in [3.8, 4) is 5.69 Å². The van der Waals surface area contributed by atoms with Crippen LogP contribution in [-0.4, -0.2) is 27.3 Å². The number of hydrogen-bond acceptors (Lipinski definition) is 4. The first kappa shape index (κ1) is 21.6. The van der Waals surface area contributed by atoms with Gasteiger partial charge in [0.2, 0.25) is 5.91 Å². The van der Waals surface area contributed by atoms with Crippen LogP contribution in [0, 0.1) is 13.8 Å². The van der Waals surface area contributed by atoms with Gasteiger partial charge in [-0.2, -0.15) is 0 Å². The van der Waals surface area contributed by atoms with Gasteiger partial charge in [-0.25, -0.2) is 4.98 Å². The van der Waals surface area contributed by atoms with E-state index in [1.54, 1.807) is 10.6 Å². The summed E-state index contributed by atoms with van der Waals surface area (Å²) >= 11 is 1.33. The number of carbonyl (C=O) groups excluding carboxylic acids is 1. The van der Waals surface area contributed by atoms with Crippen molar-refractivity contribution in [2.45, 2.75) is 63.6 Å². The standard InChI is InChI=1S/C25H29N3O2S/c1-17-10-9-15-22(18(17)2)28-24(30)20-13-7-8-14-21(20)27-25(28)31-16-23(29)26-19-11-5-3-4-6-12-19/h7-10,13-15,19H,3-6,11-12,16H2,1-2H3,(H,26,29). The molecular formula is C25H29N3O2S. The highest BCUT2D eigenvalue weighted by atomic mass is 32.2. The quantitative estimate of drug-likeness (QED) is 0.350. The highest BCUT2D eigenvalue weighted by Crippen LogP contribution is 2.25. The number of nitrogens with one attached hydrogen (secondary N) is 1. The zero-order valence-electron chi connectivity index (χ0n) is 18.2. The number of para-hydroxylation sites is 1. The molecule has 0 atom stereocenters. The third kappa shape index (κ3) is 4.85. The Hall–Kier alpha value is -2.60. The van der Waals surface area contributed by atoms with Gasteiger partial charge in [0.15, 0.2) is 5.16 Å². The van der Waals surface area contributed by atoms with Gasteiger partial charge in [-0.05, 0) is 56.0 Å². The smallest absolute Gasteiger partial charge is 0.266 e. The summed E-state index contributed by atoms with van der Waals surface area (Å²) in [5.74, 6) is 0.249. The third-order valence-corrected chi connectivity index (χ3v) is 7.05. The van der Waals surface area contributed by atoms with Gasteiger partial charge in [0.25, 0.3) is 5.56 Å². The maximum atomic E-state index is 13.4. The number of rotatable bonds is 5. The number of amides is 1. The molecule has 0 saturated heterocycles. The third-order valence-electron chi connectivity index (χ3n) is 6.11. The van der Waals surface area contributed by atoms with E-state index in [-0.39, 0.29) is 23.3 Å². The van der Waals surface area contributed by atoms with Crippen LogP contribution in [0.4, 0.5) is 0 Å². The minimum atomic E-state index is -0.106. The van der Waals surface area contributed by atoms with E-state index >= 15 is 0 Å². The maximum Gasteiger partial charge on any atom is 0.266 e. The van der Waals surface area contributed by atoms with E-state index in [9.17, 15) is 9.59 Å². The van der Waals surface area contributed by atoms with E-state index in [0.717, 1.165) is 29.7 Å². The average molecular weight is 436 g/mol. The van der Waals surface area contributed by atoms with Gasteiger partial charge in [0.05, 0.1) is 22.3 Å². The fourth-order valence-corrected chi connectivity index (χ4v) is 5.04. The topological polar surface area (TPSA) is 64.0 Å². The molecule has 1 aromatic heterocycles. The molecule has 1 aliphatic carbocycles. The Morgan fingerprint density at radius 3 is 2.58 bits per heavy atom. The summed E-state index contributed by atoms with van der Waals surface area (Å²) in [6, 6.07) is 13.6. The van der Waals surface area contributed by atoms with Crippen molar-refractivity contribution < 1.29 is 4.79 Å². The molecule has 31 heavy (non-hydrogen) atoms. The number of aryl methyl sites for hydroxylation is 1. The molecule has 2 aromatic carbocycles. The van der Waals surface area contributed by atoms with Crippen LogP contribution in [0.15, 0.2) is 52.4 Å². The Morgan fingerprint density at radius 2 is 1.81 bits per heavy atom. The Bertz CT molecular complexity index is 1150. The van der Waals surface area contributed by atoms with Crippen molar-refractivity contribution in [3.63, 3.8) is 0 Å². The first-order valence-electron chi connectivity index (χ1n) is 11.0. The minimum Gasteiger partial charge on any atom is -0.353 e. The second-order valence-corrected chi connectivity index (χ2v) is 9.26. The van der Waals surface area contributed by atoms with Gasteiger partial charge >= 0.3 is 0 Å². The summed E-state index contributed by atoms with van der Waals surface area (Å²) in [5, 5.41) is 4.31. The lowest BCUT2D eigenvalue weighted by atomic mass is 10.1. The second-order valence-electron chi connectivity index (χ2n) is 8.32. The van der Waals surface area contributed by atoms with Gasteiger partial charge < -0.3 is 5.32 Å². The molecule has 1 heterocycles. The van der Waals surface area contributed by atoms with Crippen LogP contribution in [0.1, 0.15) is 49.7 Å². The van der Waals surface area contributed by atoms with Crippen molar-refractivity contribution >= 4 is 28.6 Å². The van der Waals surface area contributed by atoms with Crippen molar-refractivity contribution in [2.24, 2.45) is 0 Å². The van der Waals surface area contributed by atoms with Crippen molar-refractivity contribution in [3.05, 3.63) is 63.9 Å². The molecule has 5 nitrogen and oxygen atoms in total. The molecular weight excluding hydrogens is 406 g/mol. The van der Waals surface area contributed by atoms with Crippen molar-refractivity contribution in [1.29, 1.82) is 0 Å². The van der Waals surface area contributed by atoms with E-state index in [0.29, 0.717) is 16.1 Å². The van der Waals surface area contributed by atoms with E-state index < -0.39 is 0 Å². The average Bonchev–Trinajstić information content (AvgIpc) is 3.03. The molecule has 0 spiro atoms. The summed E-state index contributed by atoms with van der Waals surface area (Å²) in [7, 11) is 0.